The summed E-state index contributed by atoms with van der Waals surface area (Å²) < 4.78 is 0. The summed E-state index contributed by atoms with van der Waals surface area (Å²) in [6.07, 6.45) is 2.61. The second-order valence-corrected chi connectivity index (χ2v) is 21.1. The molecule has 1 aliphatic heterocycles. The van der Waals surface area contributed by atoms with Crippen molar-refractivity contribution in [3.8, 4) is 0 Å². The maximum atomic E-state index is 14.5. The first-order chi connectivity index (χ1) is 34.6. The van der Waals surface area contributed by atoms with E-state index in [2.05, 4.69) is 51.1 Å². The summed E-state index contributed by atoms with van der Waals surface area (Å²) >= 11 is 0. The zero-order valence-corrected chi connectivity index (χ0v) is 44.7. The molecule has 0 aromatic heterocycles. The standard InChI is InChI=1S/C53H91N11O9/c1-32(2)12-11-13-35(7)28-47(67)59-39(16-21-54)45(65)30-37-20-25-58-50(70)43(26-33(3)4)64-52(72)42(19-24-57)61-51(71)41(18-23-56)62-53(73)44(27-34(5)6)63-49(69)38(29-36-14-9-8-10-15-36)31-46(66)40(17-22-55)60-48(37)68/h8-10,14-15,32-35,37-44H,11-13,16-31,54-57H2,1-7H3,(H,58,70)(H,59,67)(H,60,68)(H,61,71)(H,62,73)(H,63,69)(H,64,72)/t35?,37-,38+,39-,40+,41+,42+,43+,44+/m1/s1. The monoisotopic (exact) mass is 1030 g/mol. The number of nitrogens with two attached hydrogens (primary N) is 4. The minimum absolute atomic E-state index is 0.0203. The quantitative estimate of drug-likeness (QED) is 0.0693. The van der Waals surface area contributed by atoms with E-state index in [1.54, 1.807) is 24.3 Å². The molecule has 2 rings (SSSR count). The van der Waals surface area contributed by atoms with Gasteiger partial charge in [-0.15, -0.1) is 0 Å². The fraction of sp³-hybridized carbons (Fsp3) is 0.717. The molecule has 0 radical (unpaired) electrons. The van der Waals surface area contributed by atoms with Crippen LogP contribution in [0.2, 0.25) is 0 Å². The van der Waals surface area contributed by atoms with Gasteiger partial charge >= 0.3 is 0 Å². The van der Waals surface area contributed by atoms with Crippen LogP contribution in [0, 0.1) is 35.5 Å². The van der Waals surface area contributed by atoms with Gasteiger partial charge in [0.1, 0.15) is 24.2 Å². The minimum atomic E-state index is -1.23. The number of ketones is 2. The largest absolute Gasteiger partial charge is 0.354 e. The Morgan fingerprint density at radius 3 is 1.60 bits per heavy atom. The van der Waals surface area contributed by atoms with Crippen LogP contribution >= 0.6 is 0 Å². The van der Waals surface area contributed by atoms with Crippen molar-refractivity contribution < 1.29 is 43.2 Å². The van der Waals surface area contributed by atoms with Crippen LogP contribution < -0.4 is 60.2 Å². The number of nitrogens with one attached hydrogen (secondary N) is 7. The molecule has 1 fully saturated rings. The lowest BCUT2D eigenvalue weighted by molar-refractivity contribution is -0.136. The molecule has 412 valence electrons. The minimum Gasteiger partial charge on any atom is -0.354 e. The van der Waals surface area contributed by atoms with Gasteiger partial charge in [0.05, 0.1) is 12.1 Å². The van der Waals surface area contributed by atoms with Gasteiger partial charge in [-0.25, -0.2) is 0 Å². The average Bonchev–Trinajstić information content (AvgIpc) is 3.31. The Morgan fingerprint density at radius 2 is 1.07 bits per heavy atom. The van der Waals surface area contributed by atoms with Gasteiger partial charge in [-0.2, -0.15) is 0 Å². The number of carbonyl (C=O) groups is 9. The zero-order chi connectivity index (χ0) is 54.6. The lowest BCUT2D eigenvalue weighted by atomic mass is 9.89. The molecular weight excluding hydrogens is 935 g/mol. The topological polar surface area (TPSA) is 342 Å². The van der Waals surface area contributed by atoms with E-state index in [-0.39, 0.29) is 121 Å². The summed E-state index contributed by atoms with van der Waals surface area (Å²) in [5.74, 6) is -7.16. The fourth-order valence-corrected chi connectivity index (χ4v) is 8.92. The van der Waals surface area contributed by atoms with E-state index in [0.29, 0.717) is 5.92 Å². The number of Topliss-reactive ketones (excluding diaryl/α,β-unsaturated/α-hetero) is 2. The van der Waals surface area contributed by atoms with Crippen LogP contribution in [-0.4, -0.2) is 122 Å². The summed E-state index contributed by atoms with van der Waals surface area (Å²) in [5.41, 5.74) is 24.5. The summed E-state index contributed by atoms with van der Waals surface area (Å²) in [7, 11) is 0. The Kier molecular flexibility index (Phi) is 29.9. The molecule has 1 aromatic carbocycles. The Morgan fingerprint density at radius 1 is 0.575 bits per heavy atom. The van der Waals surface area contributed by atoms with E-state index in [4.69, 9.17) is 22.9 Å². The van der Waals surface area contributed by atoms with Crippen molar-refractivity contribution in [2.45, 2.75) is 175 Å². The van der Waals surface area contributed by atoms with Gasteiger partial charge in [-0.3, -0.25) is 43.2 Å². The van der Waals surface area contributed by atoms with E-state index >= 15 is 0 Å². The zero-order valence-electron chi connectivity index (χ0n) is 44.7. The molecule has 9 atom stereocenters. The molecule has 0 saturated carbocycles. The van der Waals surface area contributed by atoms with E-state index in [1.807, 2.05) is 40.7 Å². The summed E-state index contributed by atoms with van der Waals surface area (Å²) in [6, 6.07) is 2.04. The molecule has 1 aliphatic rings. The molecule has 7 amide bonds. The van der Waals surface area contributed by atoms with Gasteiger partial charge in [-0.1, -0.05) is 98.1 Å². The van der Waals surface area contributed by atoms with E-state index in [0.717, 1.165) is 24.8 Å². The Hall–Kier alpha value is -5.31. The fourth-order valence-electron chi connectivity index (χ4n) is 8.92. The van der Waals surface area contributed by atoms with E-state index in [1.165, 1.54) is 0 Å². The first kappa shape index (κ1) is 63.8. The predicted octanol–water partition coefficient (Wildman–Crippen LogP) is 1.15. The van der Waals surface area contributed by atoms with Crippen molar-refractivity contribution >= 4 is 52.9 Å². The highest BCUT2D eigenvalue weighted by atomic mass is 16.2. The Balaban J connectivity index is 2.70. The molecule has 1 saturated heterocycles. The van der Waals surface area contributed by atoms with Crippen LogP contribution in [0.25, 0.3) is 0 Å². The lowest BCUT2D eigenvalue weighted by Crippen LogP contribution is -2.59. The maximum absolute atomic E-state index is 14.5. The number of hydrogen-bond acceptors (Lipinski definition) is 13. The van der Waals surface area contributed by atoms with Gasteiger partial charge in [0, 0.05) is 37.6 Å². The molecule has 1 aromatic rings. The molecule has 15 N–H and O–H groups in total. The van der Waals surface area contributed by atoms with Crippen LogP contribution in [0.3, 0.4) is 0 Å². The van der Waals surface area contributed by atoms with Gasteiger partial charge in [-0.05, 0) is 107 Å². The third-order valence-electron chi connectivity index (χ3n) is 13.0. The average molecular weight is 1030 g/mol. The predicted molar refractivity (Wildman–Crippen MR) is 282 cm³/mol. The molecule has 1 unspecified atom stereocenters. The molecular formula is C53H91N11O9. The molecule has 20 heteroatoms. The first-order valence-corrected chi connectivity index (χ1v) is 26.6. The normalized spacial score (nSPS) is 23.4. The Bertz CT molecular complexity index is 1920. The van der Waals surface area contributed by atoms with Gasteiger partial charge < -0.3 is 60.2 Å². The highest BCUT2D eigenvalue weighted by molar-refractivity contribution is 5.98. The molecule has 0 bridgehead atoms. The van der Waals surface area contributed by atoms with Crippen LogP contribution in [-0.2, 0) is 49.6 Å². The first-order valence-electron chi connectivity index (χ1n) is 26.6. The smallest absolute Gasteiger partial charge is 0.243 e. The van der Waals surface area contributed by atoms with Crippen molar-refractivity contribution in [1.82, 2.24) is 37.2 Å². The number of amides is 7. The third kappa shape index (κ3) is 24.5. The molecule has 0 spiro atoms. The highest BCUT2D eigenvalue weighted by Gasteiger charge is 2.36. The van der Waals surface area contributed by atoms with Gasteiger partial charge in [0.15, 0.2) is 11.6 Å². The SMILES string of the molecule is CC(C)CCCC(C)CC(=O)N[C@H](CCN)C(=O)C[C@H]1CCNC(=O)[C@H](CC(C)C)NC(=O)[C@H](CCN)NC(=O)[C@H](CCN)NC(=O)[C@H](CC(C)C)NC(=O)[C@@H](Cc2ccccc2)CC(=O)[C@H](CCN)NC1=O. The molecule has 1 heterocycles. The van der Waals surface area contributed by atoms with Crippen molar-refractivity contribution in [3.63, 3.8) is 0 Å². The number of rotatable bonds is 24. The number of hydrogen-bond donors (Lipinski definition) is 11. The summed E-state index contributed by atoms with van der Waals surface area (Å²) in [6.45, 7) is 13.5. The van der Waals surface area contributed by atoms with Crippen molar-refractivity contribution in [1.29, 1.82) is 0 Å². The summed E-state index contributed by atoms with van der Waals surface area (Å²) in [4.78, 5) is 127. The second kappa shape index (κ2) is 34.2. The number of carbonyl (C=O) groups excluding carboxylic acids is 9. The molecule has 73 heavy (non-hydrogen) atoms. The van der Waals surface area contributed by atoms with Crippen molar-refractivity contribution in [2.75, 3.05) is 32.7 Å². The lowest BCUT2D eigenvalue weighted by Gasteiger charge is -2.28. The molecule has 20 nitrogen and oxygen atoms in total. The Labute approximate surface area is 433 Å². The van der Waals surface area contributed by atoms with E-state index < -0.39 is 102 Å². The third-order valence-corrected chi connectivity index (χ3v) is 13.0. The van der Waals surface area contributed by atoms with Crippen LogP contribution in [0.4, 0.5) is 0 Å². The second-order valence-electron chi connectivity index (χ2n) is 21.1. The number of benzene rings is 1. The van der Waals surface area contributed by atoms with Crippen LogP contribution in [0.5, 0.6) is 0 Å². The van der Waals surface area contributed by atoms with Gasteiger partial charge in [0.2, 0.25) is 41.4 Å². The van der Waals surface area contributed by atoms with Gasteiger partial charge in [0.25, 0.3) is 0 Å². The molecule has 0 aliphatic carbocycles. The summed E-state index contributed by atoms with van der Waals surface area (Å²) in [5, 5.41) is 19.4. The van der Waals surface area contributed by atoms with Crippen LogP contribution in [0.15, 0.2) is 30.3 Å². The highest BCUT2D eigenvalue weighted by Crippen LogP contribution is 2.20. The van der Waals surface area contributed by atoms with Crippen molar-refractivity contribution in [3.05, 3.63) is 35.9 Å². The van der Waals surface area contributed by atoms with E-state index in [9.17, 15) is 43.2 Å². The van der Waals surface area contributed by atoms with Crippen LogP contribution in [0.1, 0.15) is 138 Å². The van der Waals surface area contributed by atoms with Crippen molar-refractivity contribution in [2.24, 2.45) is 58.4 Å². The maximum Gasteiger partial charge on any atom is 0.243 e.